The summed E-state index contributed by atoms with van der Waals surface area (Å²) >= 11 is 0. The quantitative estimate of drug-likeness (QED) is 0.859. The van der Waals surface area contributed by atoms with Gasteiger partial charge in [-0.15, -0.1) is 0 Å². The van der Waals surface area contributed by atoms with Crippen LogP contribution in [0.2, 0.25) is 0 Å². The number of esters is 1. The summed E-state index contributed by atoms with van der Waals surface area (Å²) in [6.07, 6.45) is 2.70. The lowest BCUT2D eigenvalue weighted by Crippen LogP contribution is -2.46. The molecule has 21 heavy (non-hydrogen) atoms. The monoisotopic (exact) mass is 291 g/mol. The van der Waals surface area contributed by atoms with Crippen molar-refractivity contribution in [1.29, 1.82) is 0 Å². The van der Waals surface area contributed by atoms with Crippen LogP contribution in [0.1, 0.15) is 25.3 Å². The van der Waals surface area contributed by atoms with Crippen molar-refractivity contribution in [2.75, 3.05) is 19.9 Å². The van der Waals surface area contributed by atoms with Crippen LogP contribution in [0.15, 0.2) is 18.2 Å². The predicted octanol–water partition coefficient (Wildman–Crippen LogP) is 1.89. The highest BCUT2D eigenvalue weighted by molar-refractivity contribution is 5.73. The standard InChI is InChI=1S/C16H21NO4/c1-2-19-16(18)12-4-3-7-17-13(12)8-11-5-6-14-15(9-11)21-10-20-14/h5-6,9,12-13,17H,2-4,7-8,10H2,1H3/t12-,13+/m0/s1. The van der Waals surface area contributed by atoms with Crippen molar-refractivity contribution in [1.82, 2.24) is 5.32 Å². The van der Waals surface area contributed by atoms with Crippen LogP contribution in [0.3, 0.4) is 0 Å². The Kier molecular flexibility index (Phi) is 4.29. The minimum atomic E-state index is -0.0876. The molecule has 1 N–H and O–H groups in total. The van der Waals surface area contributed by atoms with Crippen LogP contribution in [0.5, 0.6) is 11.5 Å². The average Bonchev–Trinajstić information content (AvgIpc) is 2.95. The first-order chi connectivity index (χ1) is 10.3. The highest BCUT2D eigenvalue weighted by Gasteiger charge is 2.32. The van der Waals surface area contributed by atoms with Gasteiger partial charge in [-0.25, -0.2) is 0 Å². The second kappa shape index (κ2) is 6.35. The minimum absolute atomic E-state index is 0.0656. The van der Waals surface area contributed by atoms with Crippen LogP contribution < -0.4 is 14.8 Å². The molecule has 1 aromatic rings. The Labute approximate surface area is 124 Å². The van der Waals surface area contributed by atoms with Gasteiger partial charge in [0.25, 0.3) is 0 Å². The molecule has 0 saturated carbocycles. The third-order valence-corrected chi connectivity index (χ3v) is 4.07. The number of hydrogen-bond acceptors (Lipinski definition) is 5. The molecule has 1 saturated heterocycles. The maximum Gasteiger partial charge on any atom is 0.310 e. The van der Waals surface area contributed by atoms with Crippen LogP contribution in [0, 0.1) is 5.92 Å². The van der Waals surface area contributed by atoms with E-state index in [0.717, 1.165) is 42.9 Å². The summed E-state index contributed by atoms with van der Waals surface area (Å²) in [6, 6.07) is 6.09. The fourth-order valence-electron chi connectivity index (χ4n) is 3.02. The fourth-order valence-corrected chi connectivity index (χ4v) is 3.02. The molecule has 1 aromatic carbocycles. The normalized spacial score (nSPS) is 23.9. The molecule has 1 fully saturated rings. The van der Waals surface area contributed by atoms with Crippen molar-refractivity contribution in [3.8, 4) is 11.5 Å². The molecule has 0 amide bonds. The summed E-state index contributed by atoms with van der Waals surface area (Å²) in [7, 11) is 0. The Morgan fingerprint density at radius 2 is 2.24 bits per heavy atom. The molecular formula is C16H21NO4. The van der Waals surface area contributed by atoms with E-state index in [0.29, 0.717) is 6.61 Å². The van der Waals surface area contributed by atoms with Gasteiger partial charge < -0.3 is 19.5 Å². The van der Waals surface area contributed by atoms with Gasteiger partial charge in [-0.2, -0.15) is 0 Å². The lowest BCUT2D eigenvalue weighted by Gasteiger charge is -2.31. The van der Waals surface area contributed by atoms with E-state index in [1.807, 2.05) is 25.1 Å². The lowest BCUT2D eigenvalue weighted by molar-refractivity contribution is -0.150. The number of carbonyl (C=O) groups excluding carboxylic acids is 1. The maximum absolute atomic E-state index is 12.1. The van der Waals surface area contributed by atoms with Crippen LogP contribution in [0.4, 0.5) is 0 Å². The first kappa shape index (κ1) is 14.2. The number of fused-ring (bicyclic) bond motifs is 1. The summed E-state index contributed by atoms with van der Waals surface area (Å²) in [6.45, 7) is 3.52. The summed E-state index contributed by atoms with van der Waals surface area (Å²) in [4.78, 5) is 12.1. The van der Waals surface area contributed by atoms with Gasteiger partial charge in [-0.05, 0) is 50.4 Å². The zero-order valence-electron chi connectivity index (χ0n) is 12.3. The molecule has 0 aliphatic carbocycles. The zero-order chi connectivity index (χ0) is 14.7. The number of nitrogens with one attached hydrogen (secondary N) is 1. The van der Waals surface area contributed by atoms with Crippen molar-refractivity contribution < 1.29 is 19.0 Å². The van der Waals surface area contributed by atoms with Gasteiger partial charge in [0.15, 0.2) is 11.5 Å². The molecule has 2 atom stereocenters. The number of carbonyl (C=O) groups is 1. The van der Waals surface area contributed by atoms with Gasteiger partial charge in [-0.3, -0.25) is 4.79 Å². The van der Waals surface area contributed by atoms with Gasteiger partial charge in [-0.1, -0.05) is 6.07 Å². The number of benzene rings is 1. The zero-order valence-corrected chi connectivity index (χ0v) is 12.3. The van der Waals surface area contributed by atoms with Crippen LogP contribution in [0.25, 0.3) is 0 Å². The van der Waals surface area contributed by atoms with Crippen molar-refractivity contribution in [3.63, 3.8) is 0 Å². The molecule has 0 aromatic heterocycles. The fraction of sp³-hybridized carbons (Fsp3) is 0.562. The largest absolute Gasteiger partial charge is 0.466 e. The molecule has 2 aliphatic rings. The summed E-state index contributed by atoms with van der Waals surface area (Å²) in [5.74, 6) is 1.42. The van der Waals surface area contributed by atoms with E-state index in [4.69, 9.17) is 14.2 Å². The van der Waals surface area contributed by atoms with Gasteiger partial charge >= 0.3 is 5.97 Å². The molecular weight excluding hydrogens is 270 g/mol. The van der Waals surface area contributed by atoms with Crippen molar-refractivity contribution in [3.05, 3.63) is 23.8 Å². The molecule has 0 radical (unpaired) electrons. The average molecular weight is 291 g/mol. The maximum atomic E-state index is 12.1. The van der Waals surface area contributed by atoms with Gasteiger partial charge in [0.1, 0.15) is 0 Å². The minimum Gasteiger partial charge on any atom is -0.466 e. The molecule has 5 nitrogen and oxygen atoms in total. The molecule has 2 aliphatic heterocycles. The Balaban J connectivity index is 1.70. The Morgan fingerprint density at radius 3 is 3.10 bits per heavy atom. The van der Waals surface area contributed by atoms with E-state index in [1.54, 1.807) is 0 Å². The lowest BCUT2D eigenvalue weighted by atomic mass is 9.87. The second-order valence-electron chi connectivity index (χ2n) is 5.45. The molecule has 5 heteroatoms. The number of hydrogen-bond donors (Lipinski definition) is 1. The summed E-state index contributed by atoms with van der Waals surface area (Å²) in [5.41, 5.74) is 1.15. The molecule has 114 valence electrons. The Hall–Kier alpha value is -1.75. The number of ether oxygens (including phenoxy) is 3. The first-order valence-electron chi connectivity index (χ1n) is 7.56. The van der Waals surface area contributed by atoms with Gasteiger partial charge in [0.2, 0.25) is 6.79 Å². The van der Waals surface area contributed by atoms with Crippen molar-refractivity contribution in [2.45, 2.75) is 32.2 Å². The Morgan fingerprint density at radius 1 is 1.38 bits per heavy atom. The number of piperidine rings is 1. The molecule has 3 rings (SSSR count). The van der Waals surface area contributed by atoms with E-state index < -0.39 is 0 Å². The van der Waals surface area contributed by atoms with Crippen LogP contribution >= 0.6 is 0 Å². The van der Waals surface area contributed by atoms with Gasteiger partial charge in [0, 0.05) is 6.04 Å². The van der Waals surface area contributed by atoms with Crippen LogP contribution in [-0.2, 0) is 16.0 Å². The third kappa shape index (κ3) is 3.13. The third-order valence-electron chi connectivity index (χ3n) is 4.07. The Bertz CT molecular complexity index is 517. The van der Waals surface area contributed by atoms with Crippen molar-refractivity contribution >= 4 is 5.97 Å². The SMILES string of the molecule is CCOC(=O)[C@H]1CCCN[C@@H]1Cc1ccc2c(c1)OCO2. The smallest absolute Gasteiger partial charge is 0.310 e. The van der Waals surface area contributed by atoms with E-state index in [-0.39, 0.29) is 24.7 Å². The van der Waals surface area contributed by atoms with Crippen molar-refractivity contribution in [2.24, 2.45) is 5.92 Å². The molecule has 0 spiro atoms. The predicted molar refractivity (Wildman–Crippen MR) is 77.4 cm³/mol. The first-order valence-corrected chi connectivity index (χ1v) is 7.56. The molecule has 0 unspecified atom stereocenters. The highest BCUT2D eigenvalue weighted by Crippen LogP contribution is 2.33. The second-order valence-corrected chi connectivity index (χ2v) is 5.45. The highest BCUT2D eigenvalue weighted by atomic mass is 16.7. The van der Waals surface area contributed by atoms with Gasteiger partial charge in [0.05, 0.1) is 12.5 Å². The summed E-state index contributed by atoms with van der Waals surface area (Å²) in [5, 5.41) is 3.45. The summed E-state index contributed by atoms with van der Waals surface area (Å²) < 4.78 is 15.9. The number of rotatable bonds is 4. The van der Waals surface area contributed by atoms with E-state index in [2.05, 4.69) is 5.32 Å². The van der Waals surface area contributed by atoms with Crippen LogP contribution in [-0.4, -0.2) is 32.0 Å². The van der Waals surface area contributed by atoms with E-state index in [1.165, 1.54) is 0 Å². The topological polar surface area (TPSA) is 56.8 Å². The molecule has 0 bridgehead atoms. The van der Waals surface area contributed by atoms with E-state index in [9.17, 15) is 4.79 Å². The molecule has 2 heterocycles. The van der Waals surface area contributed by atoms with E-state index >= 15 is 0 Å².